The summed E-state index contributed by atoms with van der Waals surface area (Å²) in [6.45, 7) is 11.6. The summed E-state index contributed by atoms with van der Waals surface area (Å²) in [6.07, 6.45) is -0.884. The molecule has 1 aliphatic heterocycles. The average Bonchev–Trinajstić information content (AvgIpc) is 2.39. The van der Waals surface area contributed by atoms with E-state index in [9.17, 15) is 9.59 Å². The van der Waals surface area contributed by atoms with E-state index in [0.717, 1.165) is 5.56 Å². The van der Waals surface area contributed by atoms with Gasteiger partial charge in [-0.3, -0.25) is 0 Å². The molecule has 0 aliphatic carbocycles. The number of nitrogens with zero attached hydrogens (tertiary/aromatic N) is 1. The summed E-state index contributed by atoms with van der Waals surface area (Å²) in [7, 11) is 0. The molecule has 6 nitrogen and oxygen atoms in total. The van der Waals surface area contributed by atoms with Crippen molar-refractivity contribution in [2.24, 2.45) is 0 Å². The summed E-state index contributed by atoms with van der Waals surface area (Å²) in [5.41, 5.74) is -0.877. The van der Waals surface area contributed by atoms with Gasteiger partial charge in [0.15, 0.2) is 0 Å². The van der Waals surface area contributed by atoms with E-state index >= 15 is 0 Å². The van der Waals surface area contributed by atoms with Crippen LogP contribution in [0.5, 0.6) is 0 Å². The largest absolute Gasteiger partial charge is 0.444 e. The summed E-state index contributed by atoms with van der Waals surface area (Å²) in [4.78, 5) is 26.1. The van der Waals surface area contributed by atoms with Gasteiger partial charge in [0.25, 0.3) is 0 Å². The van der Waals surface area contributed by atoms with Crippen LogP contribution in [-0.2, 0) is 15.0 Å². The van der Waals surface area contributed by atoms with Gasteiger partial charge in [-0.1, -0.05) is 30.3 Å². The molecular formula is C19H28N2O4. The highest BCUT2D eigenvalue weighted by molar-refractivity contribution is 5.73. The predicted octanol–water partition coefficient (Wildman–Crippen LogP) is 3.66. The topological polar surface area (TPSA) is 67.9 Å². The van der Waals surface area contributed by atoms with Crippen LogP contribution in [0.3, 0.4) is 0 Å². The third-order valence-corrected chi connectivity index (χ3v) is 3.64. The molecular weight excluding hydrogens is 320 g/mol. The normalized spacial score (nSPS) is 16.6. The Morgan fingerprint density at radius 2 is 1.48 bits per heavy atom. The van der Waals surface area contributed by atoms with Crippen LogP contribution in [0, 0.1) is 0 Å². The number of amides is 2. The van der Waals surface area contributed by atoms with Gasteiger partial charge in [-0.05, 0) is 47.1 Å². The summed E-state index contributed by atoms with van der Waals surface area (Å²) >= 11 is 0. The second-order valence-electron chi connectivity index (χ2n) is 8.41. The summed E-state index contributed by atoms with van der Waals surface area (Å²) in [5, 5.41) is 2.94. The number of benzene rings is 1. The summed E-state index contributed by atoms with van der Waals surface area (Å²) in [5.74, 6) is 0. The SMILES string of the molecule is CC(C)(C)OC(=O)NC1(c2ccccc2)CN(C(=O)OC(C)(C)C)C1. The van der Waals surface area contributed by atoms with Crippen LogP contribution in [0.4, 0.5) is 9.59 Å². The number of rotatable bonds is 2. The van der Waals surface area contributed by atoms with Crippen LogP contribution >= 0.6 is 0 Å². The number of carbonyl (C=O) groups is 2. The molecule has 6 heteroatoms. The highest BCUT2D eigenvalue weighted by Gasteiger charge is 2.49. The van der Waals surface area contributed by atoms with E-state index in [1.165, 1.54) is 0 Å². The number of likely N-dealkylation sites (tertiary alicyclic amines) is 1. The quantitative estimate of drug-likeness (QED) is 0.886. The maximum absolute atomic E-state index is 12.3. The van der Waals surface area contributed by atoms with E-state index in [-0.39, 0.29) is 6.09 Å². The monoisotopic (exact) mass is 348 g/mol. The second kappa shape index (κ2) is 6.58. The first-order chi connectivity index (χ1) is 11.4. The van der Waals surface area contributed by atoms with Gasteiger partial charge < -0.3 is 19.7 Å². The molecule has 1 heterocycles. The minimum Gasteiger partial charge on any atom is -0.444 e. The zero-order valence-corrected chi connectivity index (χ0v) is 15.9. The lowest BCUT2D eigenvalue weighted by Crippen LogP contribution is -2.69. The fourth-order valence-electron chi connectivity index (χ4n) is 2.65. The van der Waals surface area contributed by atoms with Crippen molar-refractivity contribution in [1.82, 2.24) is 10.2 Å². The van der Waals surface area contributed by atoms with Gasteiger partial charge in [-0.15, -0.1) is 0 Å². The van der Waals surface area contributed by atoms with Crippen LogP contribution in [0.2, 0.25) is 0 Å². The molecule has 0 unspecified atom stereocenters. The maximum atomic E-state index is 12.3. The predicted molar refractivity (Wildman–Crippen MR) is 95.3 cm³/mol. The molecule has 0 radical (unpaired) electrons. The highest BCUT2D eigenvalue weighted by Crippen LogP contribution is 2.33. The molecule has 1 N–H and O–H groups in total. The van der Waals surface area contributed by atoms with Crippen molar-refractivity contribution >= 4 is 12.2 Å². The third kappa shape index (κ3) is 5.11. The molecule has 1 aliphatic rings. The lowest BCUT2D eigenvalue weighted by Gasteiger charge is -2.50. The Balaban J connectivity index is 2.13. The average molecular weight is 348 g/mol. The van der Waals surface area contributed by atoms with E-state index in [1.54, 1.807) is 4.90 Å². The number of nitrogens with one attached hydrogen (secondary N) is 1. The Morgan fingerprint density at radius 3 is 1.96 bits per heavy atom. The number of carbonyl (C=O) groups excluding carboxylic acids is 2. The number of hydrogen-bond acceptors (Lipinski definition) is 4. The fraction of sp³-hybridized carbons (Fsp3) is 0.579. The van der Waals surface area contributed by atoms with Gasteiger partial charge in [0, 0.05) is 0 Å². The first kappa shape index (κ1) is 19.1. The smallest absolute Gasteiger partial charge is 0.410 e. The Bertz CT molecular complexity index is 623. The fourth-order valence-corrected chi connectivity index (χ4v) is 2.65. The molecule has 0 spiro atoms. The van der Waals surface area contributed by atoms with E-state index in [4.69, 9.17) is 9.47 Å². The van der Waals surface area contributed by atoms with Crippen molar-refractivity contribution in [2.45, 2.75) is 58.3 Å². The summed E-state index contributed by atoms with van der Waals surface area (Å²) < 4.78 is 10.8. The standard InChI is InChI=1S/C19H28N2O4/c1-17(2,3)24-15(22)20-19(14-10-8-7-9-11-14)12-21(13-19)16(23)25-18(4,5)6/h7-11H,12-13H2,1-6H3,(H,20,22). The van der Waals surface area contributed by atoms with Gasteiger partial charge >= 0.3 is 12.2 Å². The molecule has 0 atom stereocenters. The zero-order valence-electron chi connectivity index (χ0n) is 15.9. The lowest BCUT2D eigenvalue weighted by molar-refractivity contribution is -0.0229. The van der Waals surface area contributed by atoms with Crippen LogP contribution in [0.15, 0.2) is 30.3 Å². The minimum absolute atomic E-state index is 0.338. The molecule has 0 saturated carbocycles. The lowest BCUT2D eigenvalue weighted by atomic mass is 9.82. The van der Waals surface area contributed by atoms with Crippen molar-refractivity contribution in [3.8, 4) is 0 Å². The number of hydrogen-bond donors (Lipinski definition) is 1. The molecule has 138 valence electrons. The molecule has 2 amide bonds. The van der Waals surface area contributed by atoms with Crippen molar-refractivity contribution in [3.05, 3.63) is 35.9 Å². The highest BCUT2D eigenvalue weighted by atomic mass is 16.6. The Kier molecular flexibility index (Phi) is 5.02. The van der Waals surface area contributed by atoms with E-state index in [2.05, 4.69) is 5.32 Å². The number of alkyl carbamates (subject to hydrolysis) is 1. The first-order valence-electron chi connectivity index (χ1n) is 8.45. The van der Waals surface area contributed by atoms with Gasteiger partial charge in [-0.25, -0.2) is 9.59 Å². The molecule has 1 fully saturated rings. The Labute approximate surface area is 149 Å². The zero-order chi connectivity index (χ0) is 18.9. The minimum atomic E-state index is -0.666. The summed E-state index contributed by atoms with van der Waals surface area (Å²) in [6, 6.07) is 9.59. The Morgan fingerprint density at radius 1 is 0.960 bits per heavy atom. The van der Waals surface area contributed by atoms with Crippen LogP contribution in [0.25, 0.3) is 0 Å². The van der Waals surface area contributed by atoms with Crippen LogP contribution in [0.1, 0.15) is 47.1 Å². The molecule has 0 bridgehead atoms. The Hall–Kier alpha value is -2.24. The second-order valence-corrected chi connectivity index (χ2v) is 8.41. The molecule has 1 saturated heterocycles. The van der Waals surface area contributed by atoms with E-state index < -0.39 is 22.8 Å². The van der Waals surface area contributed by atoms with Gasteiger partial charge in [0.2, 0.25) is 0 Å². The van der Waals surface area contributed by atoms with E-state index in [0.29, 0.717) is 13.1 Å². The van der Waals surface area contributed by atoms with Crippen LogP contribution < -0.4 is 5.32 Å². The van der Waals surface area contributed by atoms with Crippen molar-refractivity contribution < 1.29 is 19.1 Å². The van der Waals surface area contributed by atoms with Crippen molar-refractivity contribution in [3.63, 3.8) is 0 Å². The van der Waals surface area contributed by atoms with Crippen molar-refractivity contribution in [1.29, 1.82) is 0 Å². The van der Waals surface area contributed by atoms with E-state index in [1.807, 2.05) is 71.9 Å². The van der Waals surface area contributed by atoms with Gasteiger partial charge in [0.05, 0.1) is 13.1 Å². The first-order valence-corrected chi connectivity index (χ1v) is 8.45. The van der Waals surface area contributed by atoms with Crippen molar-refractivity contribution in [2.75, 3.05) is 13.1 Å². The van der Waals surface area contributed by atoms with Gasteiger partial charge in [-0.2, -0.15) is 0 Å². The van der Waals surface area contributed by atoms with Gasteiger partial charge in [0.1, 0.15) is 16.7 Å². The molecule has 0 aromatic heterocycles. The van der Waals surface area contributed by atoms with Crippen LogP contribution in [-0.4, -0.2) is 41.4 Å². The molecule has 25 heavy (non-hydrogen) atoms. The maximum Gasteiger partial charge on any atom is 0.410 e. The molecule has 1 aromatic carbocycles. The molecule has 1 aromatic rings. The number of ether oxygens (including phenoxy) is 2. The third-order valence-electron chi connectivity index (χ3n) is 3.64. The molecule has 2 rings (SSSR count).